The monoisotopic (exact) mass is 393 g/mol. The smallest absolute Gasteiger partial charge is 0.349 e. The zero-order valence-corrected chi connectivity index (χ0v) is 17.0. The summed E-state index contributed by atoms with van der Waals surface area (Å²) >= 11 is 2.75. The van der Waals surface area contributed by atoms with Crippen LogP contribution in [0.3, 0.4) is 0 Å². The van der Waals surface area contributed by atoms with Crippen molar-refractivity contribution in [2.45, 2.75) is 56.8 Å². The molecule has 1 saturated carbocycles. The van der Waals surface area contributed by atoms with E-state index in [0.29, 0.717) is 15.8 Å². The second-order valence-electron chi connectivity index (χ2n) is 6.98. The molecule has 0 saturated heterocycles. The molecule has 0 amide bonds. The molecule has 1 aliphatic carbocycles. The third kappa shape index (κ3) is 4.03. The first-order chi connectivity index (χ1) is 12.6. The molecule has 0 radical (unpaired) electrons. The normalized spacial score (nSPS) is 21.1. The molecule has 2 aromatic heterocycles. The van der Waals surface area contributed by atoms with E-state index in [1.807, 2.05) is 22.9 Å². The number of carbonyl (C=O) groups is 1. The molecule has 0 spiro atoms. The molecule has 0 bridgehead atoms. The lowest BCUT2D eigenvalue weighted by Gasteiger charge is -2.35. The summed E-state index contributed by atoms with van der Waals surface area (Å²) in [6, 6.07) is 7.85. The molecule has 142 valence electrons. The molecule has 3 rings (SSSR count). The molecule has 1 N–H and O–H groups in total. The number of carbonyl (C=O) groups excluding carboxylic acids is 1. The van der Waals surface area contributed by atoms with Crippen molar-refractivity contribution in [2.75, 3.05) is 13.6 Å². The van der Waals surface area contributed by atoms with E-state index >= 15 is 0 Å². The molecule has 0 atom stereocenters. The molecular weight excluding hydrogens is 366 g/mol. The first-order valence-electron chi connectivity index (χ1n) is 9.27. The summed E-state index contributed by atoms with van der Waals surface area (Å²) in [5.74, 6) is -0.548. The van der Waals surface area contributed by atoms with E-state index in [9.17, 15) is 9.90 Å². The maximum absolute atomic E-state index is 13.0. The van der Waals surface area contributed by atoms with Crippen LogP contribution in [-0.2, 0) is 15.1 Å². The predicted molar refractivity (Wildman–Crippen MR) is 107 cm³/mol. The van der Waals surface area contributed by atoms with Crippen molar-refractivity contribution in [1.82, 2.24) is 4.90 Å². The van der Waals surface area contributed by atoms with Gasteiger partial charge in [-0.15, -0.1) is 22.7 Å². The maximum atomic E-state index is 13.0. The standard InChI is InChI=1S/C20H27NO3S2/c1-3-12-21(2)15-8-10-16(11-9-15)24-19(22)20(23,17-6-4-13-25-17)18-7-5-14-26-18/h4-7,13-16,23H,3,8-12H2,1-2H3. The summed E-state index contributed by atoms with van der Waals surface area (Å²) in [6.45, 7) is 3.30. The van der Waals surface area contributed by atoms with E-state index in [0.717, 1.165) is 38.6 Å². The van der Waals surface area contributed by atoms with Crippen LogP contribution in [0.25, 0.3) is 0 Å². The quantitative estimate of drug-likeness (QED) is 0.715. The van der Waals surface area contributed by atoms with Gasteiger partial charge in [0.15, 0.2) is 0 Å². The zero-order chi connectivity index (χ0) is 18.6. The minimum atomic E-state index is -1.70. The van der Waals surface area contributed by atoms with Crippen LogP contribution in [-0.4, -0.2) is 41.7 Å². The molecule has 4 nitrogen and oxygen atoms in total. The van der Waals surface area contributed by atoms with Crippen LogP contribution < -0.4 is 0 Å². The Bertz CT molecular complexity index is 642. The van der Waals surface area contributed by atoms with E-state index in [1.165, 1.54) is 22.7 Å². The van der Waals surface area contributed by atoms with Gasteiger partial charge in [0.1, 0.15) is 6.10 Å². The van der Waals surface area contributed by atoms with Crippen LogP contribution in [0.2, 0.25) is 0 Å². The Morgan fingerprint density at radius 1 is 1.19 bits per heavy atom. The van der Waals surface area contributed by atoms with Crippen molar-refractivity contribution in [3.05, 3.63) is 44.8 Å². The number of nitrogens with zero attached hydrogens (tertiary/aromatic N) is 1. The Balaban J connectivity index is 1.67. The summed E-state index contributed by atoms with van der Waals surface area (Å²) < 4.78 is 5.80. The van der Waals surface area contributed by atoms with Gasteiger partial charge in [0.25, 0.3) is 0 Å². The fourth-order valence-corrected chi connectivity index (χ4v) is 5.38. The summed E-state index contributed by atoms with van der Waals surface area (Å²) in [6.07, 6.45) is 4.82. The molecular formula is C20H27NO3S2. The van der Waals surface area contributed by atoms with E-state index in [4.69, 9.17) is 4.74 Å². The van der Waals surface area contributed by atoms with Gasteiger partial charge in [0, 0.05) is 6.04 Å². The summed E-state index contributed by atoms with van der Waals surface area (Å²) in [5.41, 5.74) is -1.70. The minimum Gasteiger partial charge on any atom is -0.460 e. The van der Waals surface area contributed by atoms with Gasteiger partial charge in [-0.2, -0.15) is 0 Å². The average molecular weight is 394 g/mol. The molecule has 2 heterocycles. The minimum absolute atomic E-state index is 0.111. The number of ether oxygens (including phenoxy) is 1. The van der Waals surface area contributed by atoms with Gasteiger partial charge in [0.05, 0.1) is 9.75 Å². The highest BCUT2D eigenvalue weighted by molar-refractivity contribution is 7.12. The highest BCUT2D eigenvalue weighted by atomic mass is 32.1. The van der Waals surface area contributed by atoms with Crippen molar-refractivity contribution in [3.8, 4) is 0 Å². The fourth-order valence-electron chi connectivity index (χ4n) is 3.67. The Morgan fingerprint density at radius 3 is 2.23 bits per heavy atom. The lowest BCUT2D eigenvalue weighted by molar-refractivity contribution is -0.169. The van der Waals surface area contributed by atoms with Crippen molar-refractivity contribution in [1.29, 1.82) is 0 Å². The van der Waals surface area contributed by atoms with Gasteiger partial charge in [0.2, 0.25) is 5.60 Å². The third-order valence-electron chi connectivity index (χ3n) is 5.17. The summed E-state index contributed by atoms with van der Waals surface area (Å²) in [7, 11) is 2.17. The number of rotatable bonds is 7. The number of aliphatic hydroxyl groups is 1. The highest BCUT2D eigenvalue weighted by Crippen LogP contribution is 2.38. The van der Waals surface area contributed by atoms with E-state index in [2.05, 4.69) is 18.9 Å². The summed E-state index contributed by atoms with van der Waals surface area (Å²) in [5, 5.41) is 15.0. The molecule has 26 heavy (non-hydrogen) atoms. The van der Waals surface area contributed by atoms with Crippen LogP contribution in [0.4, 0.5) is 0 Å². The van der Waals surface area contributed by atoms with Crippen molar-refractivity contribution >= 4 is 28.6 Å². The van der Waals surface area contributed by atoms with Crippen molar-refractivity contribution in [2.24, 2.45) is 0 Å². The molecule has 0 aliphatic heterocycles. The second-order valence-corrected chi connectivity index (χ2v) is 8.88. The maximum Gasteiger partial charge on any atom is 0.349 e. The van der Waals surface area contributed by atoms with E-state index in [-0.39, 0.29) is 6.10 Å². The van der Waals surface area contributed by atoms with E-state index in [1.54, 1.807) is 12.1 Å². The Kier molecular flexibility index (Phi) is 6.51. The lowest BCUT2D eigenvalue weighted by Crippen LogP contribution is -2.42. The van der Waals surface area contributed by atoms with Crippen LogP contribution >= 0.6 is 22.7 Å². The largest absolute Gasteiger partial charge is 0.460 e. The Morgan fingerprint density at radius 2 is 1.77 bits per heavy atom. The van der Waals surface area contributed by atoms with Crippen LogP contribution in [0.15, 0.2) is 35.0 Å². The molecule has 0 unspecified atom stereocenters. The highest BCUT2D eigenvalue weighted by Gasteiger charge is 2.45. The van der Waals surface area contributed by atoms with Gasteiger partial charge in [-0.05, 0) is 68.6 Å². The predicted octanol–water partition coefficient (Wildman–Crippen LogP) is 4.24. The molecule has 1 aliphatic rings. The molecule has 6 heteroatoms. The number of thiophene rings is 2. The fraction of sp³-hybridized carbons (Fsp3) is 0.550. The van der Waals surface area contributed by atoms with E-state index < -0.39 is 11.6 Å². The number of esters is 1. The first-order valence-corrected chi connectivity index (χ1v) is 11.0. The van der Waals surface area contributed by atoms with Gasteiger partial charge in [-0.25, -0.2) is 4.79 Å². The van der Waals surface area contributed by atoms with Crippen LogP contribution in [0.1, 0.15) is 48.8 Å². The van der Waals surface area contributed by atoms with Gasteiger partial charge in [-0.3, -0.25) is 0 Å². The van der Waals surface area contributed by atoms with Crippen LogP contribution in [0, 0.1) is 0 Å². The van der Waals surface area contributed by atoms with Crippen LogP contribution in [0.5, 0.6) is 0 Å². The lowest BCUT2D eigenvalue weighted by atomic mass is 9.91. The topological polar surface area (TPSA) is 49.8 Å². The number of hydrogen-bond acceptors (Lipinski definition) is 6. The molecule has 1 fully saturated rings. The van der Waals surface area contributed by atoms with Gasteiger partial charge < -0.3 is 14.7 Å². The average Bonchev–Trinajstić information content (AvgIpc) is 3.36. The number of hydrogen-bond donors (Lipinski definition) is 1. The molecule has 2 aromatic rings. The second kappa shape index (κ2) is 8.65. The summed E-state index contributed by atoms with van der Waals surface area (Å²) in [4.78, 5) is 16.6. The SMILES string of the molecule is CCCN(C)C1CCC(OC(=O)C(O)(c2cccs2)c2cccs2)CC1. The van der Waals surface area contributed by atoms with Gasteiger partial charge >= 0.3 is 5.97 Å². The van der Waals surface area contributed by atoms with Gasteiger partial charge in [-0.1, -0.05) is 19.1 Å². The zero-order valence-electron chi connectivity index (χ0n) is 15.4. The van der Waals surface area contributed by atoms with Crippen molar-refractivity contribution < 1.29 is 14.6 Å². The molecule has 0 aromatic carbocycles. The first kappa shape index (κ1) is 19.5. The Labute approximate surface area is 163 Å². The van der Waals surface area contributed by atoms with Crippen molar-refractivity contribution in [3.63, 3.8) is 0 Å². The third-order valence-corrected chi connectivity index (χ3v) is 7.13. The Hall–Kier alpha value is -1.21.